The highest BCUT2D eigenvalue weighted by molar-refractivity contribution is 5.99. The Morgan fingerprint density at radius 3 is 2.29 bits per heavy atom. The van der Waals surface area contributed by atoms with Crippen LogP contribution in [0.4, 0.5) is 10.6 Å². The highest BCUT2D eigenvalue weighted by Crippen LogP contribution is 2.44. The van der Waals surface area contributed by atoms with Gasteiger partial charge >= 0.3 is 12.1 Å². The normalized spacial score (nSPS) is 12.0. The molecule has 1 aliphatic rings. The molecule has 0 spiro atoms. The van der Waals surface area contributed by atoms with Crippen LogP contribution >= 0.6 is 0 Å². The smallest absolute Gasteiger partial charge is 0.412 e. The van der Waals surface area contributed by atoms with Crippen molar-refractivity contribution >= 4 is 23.8 Å². The zero-order valence-electron chi connectivity index (χ0n) is 18.3. The molecule has 4 rings (SSSR count). The van der Waals surface area contributed by atoms with Gasteiger partial charge in [0.15, 0.2) is 0 Å². The molecule has 0 radical (unpaired) electrons. The Morgan fingerprint density at radius 2 is 1.62 bits per heavy atom. The van der Waals surface area contributed by atoms with Crippen molar-refractivity contribution in [2.45, 2.75) is 31.6 Å². The van der Waals surface area contributed by atoms with Crippen LogP contribution in [0.15, 0.2) is 53.2 Å². The summed E-state index contributed by atoms with van der Waals surface area (Å²) in [6, 6.07) is 16.0. The van der Waals surface area contributed by atoms with Crippen LogP contribution in [-0.2, 0) is 9.53 Å². The van der Waals surface area contributed by atoms with Crippen molar-refractivity contribution in [2.75, 3.05) is 18.5 Å². The van der Waals surface area contributed by atoms with Gasteiger partial charge in [-0.15, -0.1) is 0 Å². The molecule has 0 fully saturated rings. The van der Waals surface area contributed by atoms with Crippen LogP contribution in [0.5, 0.6) is 0 Å². The first kappa shape index (κ1) is 23.0. The third-order valence-electron chi connectivity index (χ3n) is 5.62. The third-order valence-corrected chi connectivity index (χ3v) is 5.62. The van der Waals surface area contributed by atoms with Gasteiger partial charge in [0, 0.05) is 18.9 Å². The van der Waals surface area contributed by atoms with Crippen LogP contribution in [0.3, 0.4) is 0 Å². The molecule has 3 aromatic rings. The zero-order chi connectivity index (χ0) is 23.9. The average molecular weight is 464 g/mol. The van der Waals surface area contributed by atoms with Gasteiger partial charge in [-0.1, -0.05) is 55.0 Å². The van der Waals surface area contributed by atoms with Crippen molar-refractivity contribution in [1.82, 2.24) is 15.6 Å². The molecule has 2 aromatic carbocycles. The molecule has 0 aliphatic heterocycles. The minimum absolute atomic E-state index is 0.0926. The van der Waals surface area contributed by atoms with E-state index in [1.807, 2.05) is 48.5 Å². The molecule has 0 bridgehead atoms. The zero-order valence-corrected chi connectivity index (χ0v) is 18.3. The van der Waals surface area contributed by atoms with Crippen LogP contribution in [0, 0.1) is 0 Å². The van der Waals surface area contributed by atoms with Crippen molar-refractivity contribution in [3.63, 3.8) is 0 Å². The summed E-state index contributed by atoms with van der Waals surface area (Å²) in [6.07, 6.45) is 1.12. The van der Waals surface area contributed by atoms with Crippen LogP contribution in [0.2, 0.25) is 0 Å². The predicted molar refractivity (Wildman–Crippen MR) is 121 cm³/mol. The number of amides is 2. The molecule has 1 aromatic heterocycles. The molecule has 0 unspecified atom stereocenters. The molecule has 1 aliphatic carbocycles. The van der Waals surface area contributed by atoms with Crippen LogP contribution in [-0.4, -0.2) is 46.5 Å². The lowest BCUT2D eigenvalue weighted by atomic mass is 9.98. The van der Waals surface area contributed by atoms with Gasteiger partial charge in [0.1, 0.15) is 6.61 Å². The molecule has 0 saturated heterocycles. The predicted octanol–water partition coefficient (Wildman–Crippen LogP) is 3.81. The Morgan fingerprint density at radius 1 is 0.941 bits per heavy atom. The lowest BCUT2D eigenvalue weighted by molar-refractivity contribution is -0.137. The van der Waals surface area contributed by atoms with Gasteiger partial charge in [0.05, 0.1) is 0 Å². The lowest BCUT2D eigenvalue weighted by Gasteiger charge is -2.14. The SMILES string of the molecule is O=C(O)CCCCCNC(=O)c1nonc1NC(=O)OCC1c2ccccc2-c2ccccc21. The van der Waals surface area contributed by atoms with Gasteiger partial charge in [-0.25, -0.2) is 9.42 Å². The second kappa shape index (κ2) is 10.6. The maximum atomic E-state index is 12.4. The Hall–Kier alpha value is -4.21. The van der Waals surface area contributed by atoms with Crippen LogP contribution < -0.4 is 10.6 Å². The maximum Gasteiger partial charge on any atom is 0.412 e. The van der Waals surface area contributed by atoms with Crippen LogP contribution in [0.25, 0.3) is 11.1 Å². The van der Waals surface area contributed by atoms with Crippen LogP contribution in [0.1, 0.15) is 53.2 Å². The first-order chi connectivity index (χ1) is 16.5. The second-order valence-electron chi connectivity index (χ2n) is 7.87. The fraction of sp³-hybridized carbons (Fsp3) is 0.292. The van der Waals surface area contributed by atoms with E-state index in [9.17, 15) is 14.4 Å². The molecule has 176 valence electrons. The minimum Gasteiger partial charge on any atom is -0.481 e. The van der Waals surface area contributed by atoms with E-state index in [-0.39, 0.29) is 30.5 Å². The molecule has 0 saturated carbocycles. The molecular formula is C24H24N4O6. The van der Waals surface area contributed by atoms with E-state index in [0.717, 1.165) is 22.3 Å². The monoisotopic (exact) mass is 464 g/mol. The fourth-order valence-electron chi connectivity index (χ4n) is 4.01. The van der Waals surface area contributed by atoms with Crippen molar-refractivity contribution < 1.29 is 28.9 Å². The number of nitrogens with zero attached hydrogens (tertiary/aromatic N) is 2. The van der Waals surface area contributed by atoms with Crippen molar-refractivity contribution in [2.24, 2.45) is 0 Å². The van der Waals surface area contributed by atoms with E-state index in [1.165, 1.54) is 0 Å². The van der Waals surface area contributed by atoms with Gasteiger partial charge in [0.25, 0.3) is 5.91 Å². The first-order valence-corrected chi connectivity index (χ1v) is 11.0. The number of benzene rings is 2. The van der Waals surface area contributed by atoms with Gasteiger partial charge in [-0.3, -0.25) is 14.9 Å². The summed E-state index contributed by atoms with van der Waals surface area (Å²) in [7, 11) is 0. The number of carboxylic acid groups (broad SMARTS) is 1. The van der Waals surface area contributed by atoms with E-state index in [2.05, 4.69) is 25.6 Å². The molecule has 1 heterocycles. The molecule has 10 heteroatoms. The van der Waals surface area contributed by atoms with E-state index < -0.39 is 18.0 Å². The van der Waals surface area contributed by atoms with Crippen molar-refractivity contribution in [3.05, 3.63) is 65.4 Å². The summed E-state index contributed by atoms with van der Waals surface area (Å²) >= 11 is 0. The number of hydrogen-bond donors (Lipinski definition) is 3. The fourth-order valence-corrected chi connectivity index (χ4v) is 4.01. The van der Waals surface area contributed by atoms with Gasteiger partial charge < -0.3 is 15.2 Å². The first-order valence-electron chi connectivity index (χ1n) is 11.0. The summed E-state index contributed by atoms with van der Waals surface area (Å²) in [5.74, 6) is -1.65. The molecule has 2 amide bonds. The van der Waals surface area contributed by atoms with Gasteiger partial charge in [-0.2, -0.15) is 0 Å². The number of fused-ring (bicyclic) bond motifs is 3. The number of aliphatic carboxylic acids is 1. The number of nitrogens with one attached hydrogen (secondary N) is 2. The largest absolute Gasteiger partial charge is 0.481 e. The number of aromatic nitrogens is 2. The molecule has 3 N–H and O–H groups in total. The number of unbranched alkanes of at least 4 members (excludes halogenated alkanes) is 2. The number of hydrogen-bond acceptors (Lipinski definition) is 7. The number of anilines is 1. The Balaban J connectivity index is 1.30. The standard InChI is InChI=1S/C24H24N4O6/c29-20(30)12-2-1-7-13-25-23(31)21-22(28-34-27-21)26-24(32)33-14-19-17-10-5-3-8-15(17)16-9-4-6-11-18(16)19/h3-6,8-11,19H,1-2,7,12-14H2,(H,25,31)(H,29,30)(H,26,28,32). The highest BCUT2D eigenvalue weighted by Gasteiger charge is 2.29. The Bertz CT molecular complexity index is 1150. The lowest BCUT2D eigenvalue weighted by Crippen LogP contribution is -2.26. The summed E-state index contributed by atoms with van der Waals surface area (Å²) in [5, 5.41) is 20.8. The molecule has 34 heavy (non-hydrogen) atoms. The average Bonchev–Trinajstić information content (AvgIpc) is 3.42. The minimum atomic E-state index is -0.846. The number of carbonyl (C=O) groups is 3. The van der Waals surface area contributed by atoms with E-state index in [4.69, 9.17) is 9.84 Å². The second-order valence-corrected chi connectivity index (χ2v) is 7.87. The summed E-state index contributed by atoms with van der Waals surface area (Å²) < 4.78 is 10.1. The van der Waals surface area contributed by atoms with Gasteiger partial charge in [0.2, 0.25) is 11.5 Å². The maximum absolute atomic E-state index is 12.4. The van der Waals surface area contributed by atoms with Crippen molar-refractivity contribution in [1.29, 1.82) is 0 Å². The number of ether oxygens (including phenoxy) is 1. The summed E-state index contributed by atoms with van der Waals surface area (Å²) in [5.41, 5.74) is 4.24. The summed E-state index contributed by atoms with van der Waals surface area (Å²) in [6.45, 7) is 0.443. The molecular weight excluding hydrogens is 440 g/mol. The third kappa shape index (κ3) is 5.22. The Kier molecular flexibility index (Phi) is 7.16. The highest BCUT2D eigenvalue weighted by atomic mass is 16.6. The van der Waals surface area contributed by atoms with E-state index in [1.54, 1.807) is 0 Å². The molecule has 10 nitrogen and oxygen atoms in total. The number of rotatable bonds is 10. The number of carbonyl (C=O) groups excluding carboxylic acids is 2. The topological polar surface area (TPSA) is 144 Å². The summed E-state index contributed by atoms with van der Waals surface area (Å²) in [4.78, 5) is 35.3. The quantitative estimate of drug-likeness (QED) is 0.384. The number of carboxylic acids is 1. The Labute approximate surface area is 195 Å². The van der Waals surface area contributed by atoms with E-state index in [0.29, 0.717) is 25.8 Å². The van der Waals surface area contributed by atoms with Crippen molar-refractivity contribution in [3.8, 4) is 11.1 Å². The molecule has 0 atom stereocenters. The van der Waals surface area contributed by atoms with Gasteiger partial charge in [-0.05, 0) is 45.4 Å². The van der Waals surface area contributed by atoms with E-state index >= 15 is 0 Å².